The number of anilines is 1. The molecule has 0 spiro atoms. The normalized spacial score (nSPS) is 15.3. The molecule has 3 rings (SSSR count). The van der Waals surface area contributed by atoms with Crippen LogP contribution in [0.3, 0.4) is 0 Å². The van der Waals surface area contributed by atoms with Gasteiger partial charge in [-0.05, 0) is 19.9 Å². The van der Waals surface area contributed by atoms with Gasteiger partial charge >= 0.3 is 0 Å². The standard InChI is InChI=1S/C18H23ClN4O3/c1-11-12(2)26-17(21-11)10-22-4-6-23(7-5-22)18(24)13-8-14(19)15(20)9-16(13)25-3/h8-9H,4-7,10,20H2,1-3H3. The number of benzene rings is 1. The molecule has 2 N–H and O–H groups in total. The van der Waals surface area contributed by atoms with E-state index < -0.39 is 0 Å². The number of aromatic nitrogens is 1. The van der Waals surface area contributed by atoms with Crippen LogP contribution in [0, 0.1) is 13.8 Å². The number of methoxy groups -OCH3 is 1. The number of nitrogens with two attached hydrogens (primary N) is 1. The monoisotopic (exact) mass is 378 g/mol. The van der Waals surface area contributed by atoms with E-state index in [0.717, 1.165) is 24.5 Å². The maximum atomic E-state index is 12.9. The first-order valence-corrected chi connectivity index (χ1v) is 8.84. The minimum absolute atomic E-state index is 0.105. The van der Waals surface area contributed by atoms with E-state index in [-0.39, 0.29) is 5.91 Å². The lowest BCUT2D eigenvalue weighted by atomic mass is 10.1. The highest BCUT2D eigenvalue weighted by Gasteiger charge is 2.26. The lowest BCUT2D eigenvalue weighted by molar-refractivity contribution is 0.0614. The third-order valence-electron chi connectivity index (χ3n) is 4.64. The molecule has 1 aromatic carbocycles. The van der Waals surface area contributed by atoms with Gasteiger partial charge in [0.15, 0.2) is 0 Å². The third kappa shape index (κ3) is 3.78. The number of nitrogen functional groups attached to an aromatic ring is 1. The number of oxazole rings is 1. The number of rotatable bonds is 4. The Morgan fingerprint density at radius 1 is 1.31 bits per heavy atom. The molecule has 8 heteroatoms. The van der Waals surface area contributed by atoms with E-state index in [1.807, 2.05) is 13.8 Å². The van der Waals surface area contributed by atoms with Crippen molar-refractivity contribution in [3.8, 4) is 5.75 Å². The van der Waals surface area contributed by atoms with Gasteiger partial charge < -0.3 is 19.8 Å². The fraction of sp³-hybridized carbons (Fsp3) is 0.444. The van der Waals surface area contributed by atoms with Crippen molar-refractivity contribution < 1.29 is 13.9 Å². The lowest BCUT2D eigenvalue weighted by Crippen LogP contribution is -2.48. The number of hydrogen-bond acceptors (Lipinski definition) is 6. The molecule has 0 atom stereocenters. The molecule has 26 heavy (non-hydrogen) atoms. The molecule has 0 aliphatic carbocycles. The Morgan fingerprint density at radius 3 is 2.58 bits per heavy atom. The zero-order valence-corrected chi connectivity index (χ0v) is 16.0. The van der Waals surface area contributed by atoms with Crippen LogP contribution in [0.2, 0.25) is 5.02 Å². The number of halogens is 1. The van der Waals surface area contributed by atoms with Crippen LogP contribution in [0.5, 0.6) is 5.75 Å². The maximum Gasteiger partial charge on any atom is 0.257 e. The Hall–Kier alpha value is -2.25. The van der Waals surface area contributed by atoms with Crippen molar-refractivity contribution in [2.24, 2.45) is 0 Å². The summed E-state index contributed by atoms with van der Waals surface area (Å²) in [5.41, 5.74) is 7.53. The number of hydrogen-bond donors (Lipinski definition) is 1. The van der Waals surface area contributed by atoms with Crippen LogP contribution in [0.4, 0.5) is 5.69 Å². The Labute approximate surface area is 157 Å². The van der Waals surface area contributed by atoms with E-state index in [1.54, 1.807) is 17.0 Å². The van der Waals surface area contributed by atoms with Crippen molar-refractivity contribution in [2.45, 2.75) is 20.4 Å². The molecule has 1 amide bonds. The van der Waals surface area contributed by atoms with Crippen LogP contribution in [0.15, 0.2) is 16.5 Å². The van der Waals surface area contributed by atoms with E-state index in [0.29, 0.717) is 47.5 Å². The summed E-state index contributed by atoms with van der Waals surface area (Å²) < 4.78 is 10.9. The SMILES string of the molecule is COc1cc(N)c(Cl)cc1C(=O)N1CCN(Cc2nc(C)c(C)o2)CC1. The molecule has 2 heterocycles. The first-order valence-electron chi connectivity index (χ1n) is 8.46. The molecule has 0 unspecified atom stereocenters. The van der Waals surface area contributed by atoms with Gasteiger partial charge in [0, 0.05) is 32.2 Å². The molecular weight excluding hydrogens is 356 g/mol. The van der Waals surface area contributed by atoms with Crippen LogP contribution < -0.4 is 10.5 Å². The number of carbonyl (C=O) groups excluding carboxylic acids is 1. The molecule has 0 radical (unpaired) electrons. The Kier molecular flexibility index (Phi) is 5.38. The molecule has 1 aliphatic rings. The molecule has 7 nitrogen and oxygen atoms in total. The molecule has 1 fully saturated rings. The highest BCUT2D eigenvalue weighted by atomic mass is 35.5. The fourth-order valence-electron chi connectivity index (χ4n) is 2.98. The largest absolute Gasteiger partial charge is 0.496 e. The Balaban J connectivity index is 1.64. The third-order valence-corrected chi connectivity index (χ3v) is 4.97. The topological polar surface area (TPSA) is 84.8 Å². The smallest absolute Gasteiger partial charge is 0.257 e. The molecule has 2 aromatic rings. The molecule has 1 saturated heterocycles. The lowest BCUT2D eigenvalue weighted by Gasteiger charge is -2.34. The molecule has 0 saturated carbocycles. The van der Waals surface area contributed by atoms with Crippen molar-refractivity contribution in [1.29, 1.82) is 0 Å². The Bertz CT molecular complexity index is 794. The van der Waals surface area contributed by atoms with Crippen LogP contribution in [0.1, 0.15) is 27.7 Å². The van der Waals surface area contributed by atoms with Crippen molar-refractivity contribution in [2.75, 3.05) is 39.0 Å². The molecule has 140 valence electrons. The van der Waals surface area contributed by atoms with E-state index >= 15 is 0 Å². The van der Waals surface area contributed by atoms with Gasteiger partial charge in [0.05, 0.1) is 35.6 Å². The quantitative estimate of drug-likeness (QED) is 0.823. The number of nitrogens with zero attached hydrogens (tertiary/aromatic N) is 3. The predicted octanol–water partition coefficient (Wildman–Crippen LogP) is 2.49. The Morgan fingerprint density at radius 2 is 2.00 bits per heavy atom. The van der Waals surface area contributed by atoms with Gasteiger partial charge in [-0.15, -0.1) is 0 Å². The second-order valence-electron chi connectivity index (χ2n) is 6.39. The molecule has 1 aliphatic heterocycles. The minimum Gasteiger partial charge on any atom is -0.496 e. The van der Waals surface area contributed by atoms with Crippen molar-refractivity contribution in [3.05, 3.63) is 40.1 Å². The number of ether oxygens (including phenoxy) is 1. The van der Waals surface area contributed by atoms with Crippen LogP contribution in [-0.4, -0.2) is 54.0 Å². The summed E-state index contributed by atoms with van der Waals surface area (Å²) >= 11 is 6.08. The van der Waals surface area contributed by atoms with E-state index in [2.05, 4.69) is 9.88 Å². The summed E-state index contributed by atoms with van der Waals surface area (Å²) in [6.07, 6.45) is 0. The summed E-state index contributed by atoms with van der Waals surface area (Å²) in [6.45, 7) is 7.21. The number of amides is 1. The first-order chi connectivity index (χ1) is 12.4. The summed E-state index contributed by atoms with van der Waals surface area (Å²) in [4.78, 5) is 21.3. The van der Waals surface area contributed by atoms with Gasteiger partial charge in [0.25, 0.3) is 5.91 Å². The van der Waals surface area contributed by atoms with E-state index in [9.17, 15) is 4.79 Å². The minimum atomic E-state index is -0.105. The summed E-state index contributed by atoms with van der Waals surface area (Å²) in [7, 11) is 1.51. The highest BCUT2D eigenvalue weighted by Crippen LogP contribution is 2.30. The zero-order chi connectivity index (χ0) is 18.8. The predicted molar refractivity (Wildman–Crippen MR) is 99.6 cm³/mol. The number of aryl methyl sites for hydroxylation is 2. The fourth-order valence-corrected chi connectivity index (χ4v) is 3.15. The van der Waals surface area contributed by atoms with E-state index in [1.165, 1.54) is 7.11 Å². The average Bonchev–Trinajstić information content (AvgIpc) is 2.94. The van der Waals surface area contributed by atoms with Gasteiger partial charge in [0.2, 0.25) is 5.89 Å². The average molecular weight is 379 g/mol. The molecule has 1 aromatic heterocycles. The number of piperazine rings is 1. The van der Waals surface area contributed by atoms with Gasteiger partial charge in [-0.25, -0.2) is 4.98 Å². The van der Waals surface area contributed by atoms with Crippen molar-refractivity contribution in [3.63, 3.8) is 0 Å². The molecular formula is C18H23ClN4O3. The van der Waals surface area contributed by atoms with Crippen molar-refractivity contribution >= 4 is 23.2 Å². The van der Waals surface area contributed by atoms with Crippen molar-refractivity contribution in [1.82, 2.24) is 14.8 Å². The van der Waals surface area contributed by atoms with E-state index in [4.69, 9.17) is 26.5 Å². The van der Waals surface area contributed by atoms with Gasteiger partial charge in [-0.2, -0.15) is 0 Å². The van der Waals surface area contributed by atoms with Gasteiger partial charge in [-0.1, -0.05) is 11.6 Å². The first kappa shape index (κ1) is 18.5. The summed E-state index contributed by atoms with van der Waals surface area (Å²) in [5.74, 6) is 1.89. The van der Waals surface area contributed by atoms with Gasteiger partial charge in [-0.3, -0.25) is 9.69 Å². The van der Waals surface area contributed by atoms with Crippen LogP contribution in [0.25, 0.3) is 0 Å². The maximum absolute atomic E-state index is 12.9. The highest BCUT2D eigenvalue weighted by molar-refractivity contribution is 6.33. The second-order valence-corrected chi connectivity index (χ2v) is 6.80. The second kappa shape index (κ2) is 7.55. The van der Waals surface area contributed by atoms with Crippen LogP contribution in [-0.2, 0) is 6.54 Å². The summed E-state index contributed by atoms with van der Waals surface area (Å²) in [5, 5.41) is 0.349. The van der Waals surface area contributed by atoms with Gasteiger partial charge in [0.1, 0.15) is 11.5 Å². The van der Waals surface area contributed by atoms with Crippen LogP contribution >= 0.6 is 11.6 Å². The zero-order valence-electron chi connectivity index (χ0n) is 15.2. The summed E-state index contributed by atoms with van der Waals surface area (Å²) in [6, 6.07) is 3.15. The molecule has 0 bridgehead atoms. The number of carbonyl (C=O) groups is 1.